The molecule has 2 atom stereocenters. The molecule has 1 saturated carbocycles. The van der Waals surface area contributed by atoms with Crippen LogP contribution in [0.3, 0.4) is 0 Å². The van der Waals surface area contributed by atoms with Gasteiger partial charge in [-0.1, -0.05) is 42.7 Å². The van der Waals surface area contributed by atoms with Crippen LogP contribution in [-0.2, 0) is 12.7 Å². The van der Waals surface area contributed by atoms with Crippen LogP contribution in [-0.4, -0.2) is 18.0 Å². The molecule has 2 aromatic carbocycles. The number of hydrogen-bond acceptors (Lipinski definition) is 2. The van der Waals surface area contributed by atoms with E-state index in [9.17, 15) is 13.2 Å². The van der Waals surface area contributed by atoms with Crippen LogP contribution in [0.15, 0.2) is 41.4 Å². The van der Waals surface area contributed by atoms with Crippen molar-refractivity contribution in [3.05, 3.63) is 64.2 Å². The van der Waals surface area contributed by atoms with E-state index in [-0.39, 0.29) is 18.6 Å². The van der Waals surface area contributed by atoms with E-state index < -0.39 is 11.7 Å². The Hall–Kier alpha value is -2.54. The number of nitrogens with zero attached hydrogens (tertiary/aromatic N) is 1. The lowest BCUT2D eigenvalue weighted by Gasteiger charge is -2.31. The van der Waals surface area contributed by atoms with E-state index in [1.165, 1.54) is 17.7 Å². The van der Waals surface area contributed by atoms with E-state index >= 15 is 0 Å². The maximum atomic E-state index is 12.8. The number of hydrogen-bond donors (Lipinski definition) is 3. The fourth-order valence-electron chi connectivity index (χ4n) is 4.10. The highest BCUT2D eigenvalue weighted by atomic mass is 19.4. The first-order valence-corrected chi connectivity index (χ1v) is 10.7. The first kappa shape index (κ1) is 23.1. The van der Waals surface area contributed by atoms with Gasteiger partial charge in [-0.25, -0.2) is 4.99 Å². The van der Waals surface area contributed by atoms with Gasteiger partial charge < -0.3 is 16.4 Å². The summed E-state index contributed by atoms with van der Waals surface area (Å²) in [6.07, 6.45) is -0.171. The van der Waals surface area contributed by atoms with Gasteiger partial charge in [-0.15, -0.1) is 0 Å². The highest BCUT2D eigenvalue weighted by molar-refractivity contribution is 5.95. The summed E-state index contributed by atoms with van der Waals surface area (Å²) >= 11 is 0. The number of anilines is 1. The van der Waals surface area contributed by atoms with Crippen molar-refractivity contribution in [3.8, 4) is 0 Å². The van der Waals surface area contributed by atoms with Crippen LogP contribution in [0.2, 0.25) is 0 Å². The molecule has 0 heterocycles. The molecule has 0 saturated heterocycles. The molecule has 4 N–H and O–H groups in total. The molecule has 3 rings (SSSR count). The van der Waals surface area contributed by atoms with Gasteiger partial charge in [0, 0.05) is 17.8 Å². The largest absolute Gasteiger partial charge is 0.416 e. The molecule has 7 heteroatoms. The Morgan fingerprint density at radius 3 is 2.23 bits per heavy atom. The number of benzene rings is 2. The van der Waals surface area contributed by atoms with Crippen molar-refractivity contribution in [1.29, 1.82) is 0 Å². The average Bonchev–Trinajstić information content (AvgIpc) is 2.69. The highest BCUT2D eigenvalue weighted by Gasteiger charge is 2.30. The number of nitrogens with two attached hydrogens (primary N) is 1. The Labute approximate surface area is 182 Å². The van der Waals surface area contributed by atoms with E-state index in [1.54, 1.807) is 0 Å². The molecular formula is C24H31F3N4. The van der Waals surface area contributed by atoms with Crippen molar-refractivity contribution in [2.45, 2.75) is 71.3 Å². The molecule has 0 bridgehead atoms. The van der Waals surface area contributed by atoms with Gasteiger partial charge in [-0.2, -0.15) is 13.2 Å². The van der Waals surface area contributed by atoms with Gasteiger partial charge in [0.2, 0.25) is 0 Å². The summed E-state index contributed by atoms with van der Waals surface area (Å²) in [6, 6.07) is 9.50. The summed E-state index contributed by atoms with van der Waals surface area (Å²) < 4.78 is 38.5. The molecule has 0 spiro atoms. The van der Waals surface area contributed by atoms with Crippen LogP contribution in [0.25, 0.3) is 0 Å². The predicted octanol–water partition coefficient (Wildman–Crippen LogP) is 5.46. The van der Waals surface area contributed by atoms with Crippen LogP contribution in [0, 0.1) is 20.8 Å². The van der Waals surface area contributed by atoms with Crippen molar-refractivity contribution >= 4 is 11.6 Å². The Bertz CT molecular complexity index is 896. The highest BCUT2D eigenvalue weighted by Crippen LogP contribution is 2.29. The summed E-state index contributed by atoms with van der Waals surface area (Å²) in [7, 11) is 0. The van der Waals surface area contributed by atoms with Gasteiger partial charge >= 0.3 is 6.18 Å². The van der Waals surface area contributed by atoms with E-state index in [1.807, 2.05) is 13.8 Å². The Morgan fingerprint density at radius 2 is 1.65 bits per heavy atom. The van der Waals surface area contributed by atoms with Crippen LogP contribution >= 0.6 is 0 Å². The van der Waals surface area contributed by atoms with Crippen molar-refractivity contribution in [1.82, 2.24) is 5.32 Å². The van der Waals surface area contributed by atoms with Gasteiger partial charge in [-0.05, 0) is 62.4 Å². The van der Waals surface area contributed by atoms with Gasteiger partial charge in [0.15, 0.2) is 5.96 Å². The van der Waals surface area contributed by atoms with Gasteiger partial charge in [0.1, 0.15) is 0 Å². The lowest BCUT2D eigenvalue weighted by Crippen LogP contribution is -2.51. The maximum Gasteiger partial charge on any atom is 0.416 e. The second-order valence-corrected chi connectivity index (χ2v) is 8.46. The smallest absolute Gasteiger partial charge is 0.352 e. The molecule has 31 heavy (non-hydrogen) atoms. The third-order valence-corrected chi connectivity index (χ3v) is 5.76. The number of halogens is 3. The van der Waals surface area contributed by atoms with Crippen molar-refractivity contribution < 1.29 is 13.2 Å². The monoisotopic (exact) mass is 432 g/mol. The summed E-state index contributed by atoms with van der Waals surface area (Å²) in [5.41, 5.74) is 10.7. The summed E-state index contributed by atoms with van der Waals surface area (Å²) in [6.45, 7) is 6.41. The minimum absolute atomic E-state index is 0.0482. The van der Waals surface area contributed by atoms with E-state index in [0.717, 1.165) is 54.6 Å². The molecule has 1 fully saturated rings. The summed E-state index contributed by atoms with van der Waals surface area (Å²) in [5, 5.41) is 6.88. The molecule has 1 aliphatic rings. The van der Waals surface area contributed by atoms with E-state index in [0.29, 0.717) is 11.5 Å². The first-order chi connectivity index (χ1) is 14.6. The maximum absolute atomic E-state index is 12.8. The van der Waals surface area contributed by atoms with Crippen LogP contribution < -0.4 is 16.4 Å². The van der Waals surface area contributed by atoms with Crippen LogP contribution in [0.4, 0.5) is 18.9 Å². The van der Waals surface area contributed by atoms with Gasteiger partial charge in [-0.3, -0.25) is 0 Å². The van der Waals surface area contributed by atoms with E-state index in [2.05, 4.69) is 34.7 Å². The Balaban J connectivity index is 1.82. The molecule has 2 aromatic rings. The minimum Gasteiger partial charge on any atom is -0.352 e. The first-order valence-electron chi connectivity index (χ1n) is 10.7. The van der Waals surface area contributed by atoms with Crippen molar-refractivity contribution in [2.24, 2.45) is 10.7 Å². The minimum atomic E-state index is -4.34. The Kier molecular flexibility index (Phi) is 7.26. The predicted molar refractivity (Wildman–Crippen MR) is 120 cm³/mol. The number of nitrogens with one attached hydrogen (secondary N) is 2. The zero-order valence-corrected chi connectivity index (χ0v) is 18.3. The second kappa shape index (κ2) is 9.73. The number of rotatable bonds is 4. The van der Waals surface area contributed by atoms with Crippen LogP contribution in [0.1, 0.15) is 53.5 Å². The zero-order valence-electron chi connectivity index (χ0n) is 18.3. The van der Waals surface area contributed by atoms with E-state index in [4.69, 9.17) is 5.73 Å². The topological polar surface area (TPSA) is 62.4 Å². The molecular weight excluding hydrogens is 401 g/mol. The number of alkyl halides is 3. The fourth-order valence-corrected chi connectivity index (χ4v) is 4.10. The second-order valence-electron chi connectivity index (χ2n) is 8.46. The number of guanidine groups is 1. The van der Waals surface area contributed by atoms with Crippen LogP contribution in [0.5, 0.6) is 0 Å². The van der Waals surface area contributed by atoms with Gasteiger partial charge in [0.05, 0.1) is 12.1 Å². The summed E-state index contributed by atoms with van der Waals surface area (Å²) in [4.78, 5) is 4.67. The lowest BCUT2D eigenvalue weighted by molar-refractivity contribution is -0.137. The quantitative estimate of drug-likeness (QED) is 0.444. The third-order valence-electron chi connectivity index (χ3n) is 5.76. The normalized spacial score (nSPS) is 19.9. The fraction of sp³-hybridized carbons (Fsp3) is 0.458. The molecule has 0 aromatic heterocycles. The number of aliphatic imine (C=N–C) groups is 1. The molecule has 1 aliphatic carbocycles. The number of aryl methyl sites for hydroxylation is 3. The molecule has 0 amide bonds. The van der Waals surface area contributed by atoms with Crippen molar-refractivity contribution in [3.63, 3.8) is 0 Å². The third kappa shape index (κ3) is 6.23. The standard InChI is InChI=1S/C24H31F3N4/c1-15-12-16(2)22(17(3)13-15)31-23(30-21-7-5-4-6-20(21)28)29-14-18-8-10-19(11-9-18)24(25,26)27/h8-13,20-21H,4-7,14,28H2,1-3H3,(H2,29,30,31)/t20-,21-/m0/s1. The SMILES string of the molecule is Cc1cc(C)c(NC(=NCc2ccc(C(F)(F)F)cc2)N[C@H]2CCCC[C@@H]2N)c(C)c1. The lowest BCUT2D eigenvalue weighted by atomic mass is 9.91. The zero-order chi connectivity index (χ0) is 22.6. The molecule has 0 unspecified atom stereocenters. The molecule has 4 nitrogen and oxygen atoms in total. The van der Waals surface area contributed by atoms with Gasteiger partial charge in [0.25, 0.3) is 0 Å². The molecule has 168 valence electrons. The summed E-state index contributed by atoms with van der Waals surface area (Å²) in [5.74, 6) is 0.595. The van der Waals surface area contributed by atoms with Crippen molar-refractivity contribution in [2.75, 3.05) is 5.32 Å². The molecule has 0 radical (unpaired) electrons. The average molecular weight is 433 g/mol. The molecule has 0 aliphatic heterocycles. The Morgan fingerprint density at radius 1 is 1.03 bits per heavy atom.